The van der Waals surface area contributed by atoms with Crippen LogP contribution < -0.4 is 5.32 Å². The van der Waals surface area contributed by atoms with Crippen molar-refractivity contribution in [2.75, 3.05) is 26.7 Å². The topological polar surface area (TPSA) is 32.3 Å². The van der Waals surface area contributed by atoms with Crippen LogP contribution in [0.4, 0.5) is 0 Å². The van der Waals surface area contributed by atoms with Gasteiger partial charge in [-0.3, -0.25) is 4.79 Å². The molecule has 1 heterocycles. The number of likely N-dealkylation sites (tertiary alicyclic amines) is 1. The van der Waals surface area contributed by atoms with Crippen molar-refractivity contribution in [3.8, 4) is 0 Å². The number of rotatable bonds is 4. The Morgan fingerprint density at radius 1 is 1.48 bits per heavy atom. The van der Waals surface area contributed by atoms with Crippen LogP contribution in [0.1, 0.15) is 24.0 Å². The van der Waals surface area contributed by atoms with Gasteiger partial charge in [-0.15, -0.1) is 12.4 Å². The molecule has 4 heteroatoms. The predicted molar refractivity (Wildman–Crippen MR) is 90.7 cm³/mol. The number of hydrogen-bond acceptors (Lipinski definition) is 2. The molecular formula is C17H25ClN2O. The van der Waals surface area contributed by atoms with E-state index in [4.69, 9.17) is 0 Å². The van der Waals surface area contributed by atoms with Crippen molar-refractivity contribution in [1.29, 1.82) is 0 Å². The highest BCUT2D eigenvalue weighted by Crippen LogP contribution is 2.16. The molecule has 0 spiro atoms. The molecule has 1 saturated heterocycles. The maximum absolute atomic E-state index is 12.2. The number of hydrogen-bond donors (Lipinski definition) is 1. The van der Waals surface area contributed by atoms with Crippen LogP contribution in [0.25, 0.3) is 6.08 Å². The number of halogens is 1. The number of carbonyl (C=O) groups excluding carboxylic acids is 1. The summed E-state index contributed by atoms with van der Waals surface area (Å²) in [6, 6.07) is 8.19. The van der Waals surface area contributed by atoms with Crippen molar-refractivity contribution in [2.24, 2.45) is 5.92 Å². The Hall–Kier alpha value is -1.32. The van der Waals surface area contributed by atoms with Gasteiger partial charge in [-0.2, -0.15) is 0 Å². The number of benzene rings is 1. The number of carbonyl (C=O) groups is 1. The van der Waals surface area contributed by atoms with Crippen LogP contribution in [0, 0.1) is 12.8 Å². The van der Waals surface area contributed by atoms with Crippen molar-refractivity contribution in [3.63, 3.8) is 0 Å². The minimum absolute atomic E-state index is 0. The van der Waals surface area contributed by atoms with Crippen LogP contribution >= 0.6 is 12.4 Å². The third-order valence-electron chi connectivity index (χ3n) is 3.78. The fraction of sp³-hybridized carbons (Fsp3) is 0.471. The first-order chi connectivity index (χ1) is 9.69. The summed E-state index contributed by atoms with van der Waals surface area (Å²) in [5.41, 5.74) is 2.30. The van der Waals surface area contributed by atoms with Gasteiger partial charge in [0.15, 0.2) is 0 Å². The lowest BCUT2D eigenvalue weighted by molar-refractivity contribution is -0.127. The van der Waals surface area contributed by atoms with E-state index in [1.807, 2.05) is 30.2 Å². The highest BCUT2D eigenvalue weighted by molar-refractivity contribution is 5.91. The highest BCUT2D eigenvalue weighted by Gasteiger charge is 2.21. The molecular weight excluding hydrogens is 284 g/mol. The molecule has 0 bridgehead atoms. The van der Waals surface area contributed by atoms with E-state index < -0.39 is 0 Å². The standard InChI is InChI=1S/C17H24N2O.ClH/c1-14-5-3-6-15(11-14)8-9-17(20)19-10-4-7-16(13-19)12-18-2;/h3,5-6,8-9,11,16,18H,4,7,10,12-13H2,1-2H3;1H/b9-8+;. The summed E-state index contributed by atoms with van der Waals surface area (Å²) in [5.74, 6) is 0.720. The van der Waals surface area contributed by atoms with Crippen LogP contribution in [0.5, 0.6) is 0 Å². The largest absolute Gasteiger partial charge is 0.339 e. The zero-order chi connectivity index (χ0) is 14.4. The Kier molecular flexibility index (Phi) is 7.48. The van der Waals surface area contributed by atoms with Crippen molar-refractivity contribution in [1.82, 2.24) is 10.2 Å². The summed E-state index contributed by atoms with van der Waals surface area (Å²) >= 11 is 0. The van der Waals surface area contributed by atoms with E-state index in [1.54, 1.807) is 6.08 Å². The number of piperidine rings is 1. The Balaban J connectivity index is 0.00000220. The van der Waals surface area contributed by atoms with E-state index >= 15 is 0 Å². The fourth-order valence-electron chi connectivity index (χ4n) is 2.77. The second kappa shape index (κ2) is 8.85. The monoisotopic (exact) mass is 308 g/mol. The highest BCUT2D eigenvalue weighted by atomic mass is 35.5. The minimum atomic E-state index is 0. The molecule has 1 aromatic carbocycles. The van der Waals surface area contributed by atoms with Gasteiger partial charge in [0, 0.05) is 19.2 Å². The fourth-order valence-corrected chi connectivity index (χ4v) is 2.77. The van der Waals surface area contributed by atoms with Gasteiger partial charge in [0.05, 0.1) is 0 Å². The predicted octanol–water partition coefficient (Wildman–Crippen LogP) is 2.89. The Bertz CT molecular complexity index is 485. The molecule has 116 valence electrons. The average Bonchev–Trinajstić information content (AvgIpc) is 2.45. The van der Waals surface area contributed by atoms with Crippen LogP contribution in [0.2, 0.25) is 0 Å². The van der Waals surface area contributed by atoms with E-state index in [1.165, 1.54) is 12.0 Å². The number of amides is 1. The van der Waals surface area contributed by atoms with Gasteiger partial charge >= 0.3 is 0 Å². The number of nitrogens with one attached hydrogen (secondary N) is 1. The SMILES string of the molecule is CNCC1CCCN(C(=O)/C=C/c2cccc(C)c2)C1.Cl. The molecule has 1 amide bonds. The third-order valence-corrected chi connectivity index (χ3v) is 3.78. The Morgan fingerprint density at radius 3 is 3.00 bits per heavy atom. The summed E-state index contributed by atoms with van der Waals surface area (Å²) in [4.78, 5) is 14.2. The van der Waals surface area contributed by atoms with Gasteiger partial charge < -0.3 is 10.2 Å². The van der Waals surface area contributed by atoms with E-state index in [0.29, 0.717) is 5.92 Å². The molecule has 1 unspecified atom stereocenters. The van der Waals surface area contributed by atoms with Gasteiger partial charge in [0.1, 0.15) is 0 Å². The first-order valence-electron chi connectivity index (χ1n) is 7.37. The molecule has 1 aliphatic heterocycles. The van der Waals surface area contributed by atoms with E-state index in [2.05, 4.69) is 24.4 Å². The molecule has 0 aromatic heterocycles. The van der Waals surface area contributed by atoms with Gasteiger partial charge in [-0.25, -0.2) is 0 Å². The molecule has 3 nitrogen and oxygen atoms in total. The molecule has 1 aliphatic rings. The van der Waals surface area contributed by atoms with E-state index in [-0.39, 0.29) is 18.3 Å². The second-order valence-corrected chi connectivity index (χ2v) is 5.60. The summed E-state index contributed by atoms with van der Waals surface area (Å²) in [7, 11) is 1.97. The van der Waals surface area contributed by atoms with Crippen molar-refractivity contribution in [2.45, 2.75) is 19.8 Å². The maximum atomic E-state index is 12.2. The van der Waals surface area contributed by atoms with E-state index in [0.717, 1.165) is 31.6 Å². The van der Waals surface area contributed by atoms with Crippen molar-refractivity contribution < 1.29 is 4.79 Å². The van der Waals surface area contributed by atoms with Gasteiger partial charge in [-0.1, -0.05) is 29.8 Å². The zero-order valence-corrected chi connectivity index (χ0v) is 13.7. The summed E-state index contributed by atoms with van der Waals surface area (Å²) in [6.45, 7) is 4.81. The minimum Gasteiger partial charge on any atom is -0.339 e. The van der Waals surface area contributed by atoms with Crippen molar-refractivity contribution in [3.05, 3.63) is 41.5 Å². The lowest BCUT2D eigenvalue weighted by Gasteiger charge is -2.32. The first-order valence-corrected chi connectivity index (χ1v) is 7.37. The molecule has 21 heavy (non-hydrogen) atoms. The first kappa shape index (κ1) is 17.7. The lowest BCUT2D eigenvalue weighted by atomic mass is 9.98. The molecule has 2 rings (SSSR count). The molecule has 0 aliphatic carbocycles. The molecule has 1 fully saturated rings. The molecule has 1 atom stereocenters. The normalized spacial score (nSPS) is 18.6. The average molecular weight is 309 g/mol. The number of nitrogens with zero attached hydrogens (tertiary/aromatic N) is 1. The van der Waals surface area contributed by atoms with Crippen LogP contribution in [-0.4, -0.2) is 37.5 Å². The summed E-state index contributed by atoms with van der Waals surface area (Å²) in [6.07, 6.45) is 5.94. The van der Waals surface area contributed by atoms with Crippen LogP contribution in [-0.2, 0) is 4.79 Å². The molecule has 0 saturated carbocycles. The smallest absolute Gasteiger partial charge is 0.246 e. The Morgan fingerprint density at radius 2 is 2.29 bits per heavy atom. The summed E-state index contributed by atoms with van der Waals surface area (Å²) in [5, 5.41) is 3.20. The maximum Gasteiger partial charge on any atom is 0.246 e. The molecule has 0 radical (unpaired) electrons. The van der Waals surface area contributed by atoms with Crippen molar-refractivity contribution >= 4 is 24.4 Å². The zero-order valence-electron chi connectivity index (χ0n) is 12.8. The second-order valence-electron chi connectivity index (χ2n) is 5.60. The molecule has 1 aromatic rings. The third kappa shape index (κ3) is 5.52. The van der Waals surface area contributed by atoms with Gasteiger partial charge in [0.25, 0.3) is 0 Å². The summed E-state index contributed by atoms with van der Waals surface area (Å²) < 4.78 is 0. The molecule has 1 N–H and O–H groups in total. The van der Waals surface area contributed by atoms with E-state index in [9.17, 15) is 4.79 Å². The van der Waals surface area contributed by atoms with Crippen LogP contribution in [0.15, 0.2) is 30.3 Å². The quantitative estimate of drug-likeness (QED) is 0.868. The Labute approximate surface area is 133 Å². The van der Waals surface area contributed by atoms with Crippen LogP contribution in [0.3, 0.4) is 0 Å². The van der Waals surface area contributed by atoms with Gasteiger partial charge in [-0.05, 0) is 50.9 Å². The van der Waals surface area contributed by atoms with Gasteiger partial charge in [0.2, 0.25) is 5.91 Å². The lowest BCUT2D eigenvalue weighted by Crippen LogP contribution is -2.41. The number of aryl methyl sites for hydroxylation is 1.